The lowest BCUT2D eigenvalue weighted by Gasteiger charge is -2.06. The molecule has 0 saturated carbocycles. The van der Waals surface area contributed by atoms with Crippen molar-refractivity contribution in [2.24, 2.45) is 4.99 Å². The van der Waals surface area contributed by atoms with Crippen LogP contribution in [0.15, 0.2) is 83.5 Å². The van der Waals surface area contributed by atoms with Gasteiger partial charge in [-0.1, -0.05) is 61.8 Å². The molecule has 1 heterocycles. The van der Waals surface area contributed by atoms with E-state index in [1.54, 1.807) is 6.08 Å². The van der Waals surface area contributed by atoms with Gasteiger partial charge in [0.2, 0.25) is 5.90 Å². The molecular formula is C26H22ClNO3. The summed E-state index contributed by atoms with van der Waals surface area (Å²) >= 11 is 5.90. The highest BCUT2D eigenvalue weighted by Crippen LogP contribution is 2.22. The van der Waals surface area contributed by atoms with Gasteiger partial charge in [0, 0.05) is 10.6 Å². The first-order valence-corrected chi connectivity index (χ1v) is 10.5. The van der Waals surface area contributed by atoms with Gasteiger partial charge in [-0.15, -0.1) is 0 Å². The lowest BCUT2D eigenvalue weighted by Crippen LogP contribution is -2.05. The maximum atomic E-state index is 12.2. The lowest BCUT2D eigenvalue weighted by atomic mass is 10.0. The normalized spacial score (nSPS) is 14.6. The molecular weight excluding hydrogens is 410 g/mol. The average Bonchev–Trinajstić information content (AvgIpc) is 3.14. The van der Waals surface area contributed by atoms with Crippen LogP contribution in [0.5, 0.6) is 5.75 Å². The fourth-order valence-corrected chi connectivity index (χ4v) is 3.23. The summed E-state index contributed by atoms with van der Waals surface area (Å²) in [5.41, 5.74) is 4.16. The molecule has 0 unspecified atom stereocenters. The van der Waals surface area contributed by atoms with Crippen LogP contribution in [0.25, 0.3) is 6.08 Å². The van der Waals surface area contributed by atoms with Crippen LogP contribution in [0.2, 0.25) is 5.02 Å². The minimum Gasteiger partial charge on any atom is -0.489 e. The maximum Gasteiger partial charge on any atom is 0.363 e. The van der Waals surface area contributed by atoms with Gasteiger partial charge in [-0.3, -0.25) is 0 Å². The Bertz CT molecular complexity index is 1130. The molecule has 0 radical (unpaired) electrons. The van der Waals surface area contributed by atoms with Gasteiger partial charge in [-0.05, 0) is 65.1 Å². The van der Waals surface area contributed by atoms with E-state index in [2.05, 4.69) is 18.8 Å². The van der Waals surface area contributed by atoms with Crippen molar-refractivity contribution < 1.29 is 14.3 Å². The van der Waals surface area contributed by atoms with Crippen LogP contribution >= 0.6 is 11.6 Å². The van der Waals surface area contributed by atoms with Crippen LogP contribution in [0, 0.1) is 0 Å². The molecule has 156 valence electrons. The Hall–Kier alpha value is -3.37. The molecule has 0 N–H and O–H groups in total. The summed E-state index contributed by atoms with van der Waals surface area (Å²) in [7, 11) is 0. The number of cyclic esters (lactones) is 1. The minimum absolute atomic E-state index is 0.276. The van der Waals surface area contributed by atoms with Crippen molar-refractivity contribution in [2.75, 3.05) is 0 Å². The van der Waals surface area contributed by atoms with E-state index in [9.17, 15) is 4.79 Å². The lowest BCUT2D eigenvalue weighted by molar-refractivity contribution is -0.129. The summed E-state index contributed by atoms with van der Waals surface area (Å²) in [5, 5.41) is 0.699. The highest BCUT2D eigenvalue weighted by molar-refractivity contribution is 6.30. The van der Waals surface area contributed by atoms with Crippen LogP contribution in [-0.2, 0) is 16.1 Å². The van der Waals surface area contributed by atoms with Crippen LogP contribution in [-0.4, -0.2) is 11.9 Å². The summed E-state index contributed by atoms with van der Waals surface area (Å²) < 4.78 is 11.2. The molecule has 0 aromatic heterocycles. The highest BCUT2D eigenvalue weighted by Gasteiger charge is 2.24. The van der Waals surface area contributed by atoms with Crippen molar-refractivity contribution in [2.45, 2.75) is 26.4 Å². The first-order chi connectivity index (χ1) is 15.0. The molecule has 4 nitrogen and oxygen atoms in total. The number of benzene rings is 3. The Balaban J connectivity index is 1.43. The van der Waals surface area contributed by atoms with E-state index in [4.69, 9.17) is 21.1 Å². The van der Waals surface area contributed by atoms with E-state index in [0.717, 1.165) is 22.4 Å². The van der Waals surface area contributed by atoms with Gasteiger partial charge in [0.1, 0.15) is 12.4 Å². The summed E-state index contributed by atoms with van der Waals surface area (Å²) in [6.07, 6.45) is 1.71. The predicted molar refractivity (Wildman–Crippen MR) is 123 cm³/mol. The smallest absolute Gasteiger partial charge is 0.363 e. The number of aliphatic imine (C=N–C) groups is 1. The Labute approximate surface area is 186 Å². The van der Waals surface area contributed by atoms with Crippen molar-refractivity contribution in [1.29, 1.82) is 0 Å². The highest BCUT2D eigenvalue weighted by atomic mass is 35.5. The van der Waals surface area contributed by atoms with E-state index in [1.807, 2.05) is 72.8 Å². The Morgan fingerprint density at radius 1 is 0.968 bits per heavy atom. The van der Waals surface area contributed by atoms with E-state index >= 15 is 0 Å². The summed E-state index contributed by atoms with van der Waals surface area (Å²) in [5.74, 6) is 1.05. The molecule has 0 aliphatic carbocycles. The van der Waals surface area contributed by atoms with Crippen LogP contribution < -0.4 is 4.74 Å². The van der Waals surface area contributed by atoms with Crippen molar-refractivity contribution in [1.82, 2.24) is 0 Å². The van der Waals surface area contributed by atoms with Crippen LogP contribution in [0.1, 0.15) is 42.0 Å². The molecule has 1 aliphatic rings. The number of carbonyl (C=O) groups is 1. The van der Waals surface area contributed by atoms with E-state index in [0.29, 0.717) is 23.4 Å². The fourth-order valence-electron chi connectivity index (χ4n) is 3.11. The standard InChI is InChI=1S/C26H22ClNO3/c1-17(2)20-7-9-21(10-8-20)25-28-24(26(29)31-25)15-18-5-13-23(14-6-18)30-16-19-3-11-22(27)12-4-19/h3-15,17H,16H2,1-2H3/b24-15-. The Morgan fingerprint density at radius 3 is 2.29 bits per heavy atom. The number of halogens is 1. The van der Waals surface area contributed by atoms with E-state index < -0.39 is 5.97 Å². The molecule has 0 atom stereocenters. The number of esters is 1. The van der Waals surface area contributed by atoms with Gasteiger partial charge < -0.3 is 9.47 Å². The molecule has 0 fully saturated rings. The zero-order valence-corrected chi connectivity index (χ0v) is 18.1. The monoisotopic (exact) mass is 431 g/mol. The quantitative estimate of drug-likeness (QED) is 0.335. The zero-order valence-electron chi connectivity index (χ0n) is 17.3. The maximum absolute atomic E-state index is 12.2. The molecule has 5 heteroatoms. The molecule has 31 heavy (non-hydrogen) atoms. The Morgan fingerprint density at radius 2 is 1.65 bits per heavy atom. The number of carbonyl (C=O) groups excluding carboxylic acids is 1. The van der Waals surface area contributed by atoms with Crippen LogP contribution in [0.3, 0.4) is 0 Å². The summed E-state index contributed by atoms with van der Waals surface area (Å²) in [6, 6.07) is 22.9. The third-order valence-corrected chi connectivity index (χ3v) is 5.20. The van der Waals surface area contributed by atoms with Gasteiger partial charge in [0.15, 0.2) is 5.70 Å². The molecule has 3 aromatic carbocycles. The number of ether oxygens (including phenoxy) is 2. The van der Waals surface area contributed by atoms with E-state index in [-0.39, 0.29) is 5.70 Å². The largest absolute Gasteiger partial charge is 0.489 e. The van der Waals surface area contributed by atoms with Gasteiger partial charge in [0.25, 0.3) is 0 Å². The van der Waals surface area contributed by atoms with Gasteiger partial charge in [-0.2, -0.15) is 0 Å². The SMILES string of the molecule is CC(C)c1ccc(C2=N/C(=C\c3ccc(OCc4ccc(Cl)cc4)cc3)C(=O)O2)cc1. The first kappa shape index (κ1) is 20.9. The molecule has 3 aromatic rings. The van der Waals surface area contributed by atoms with Crippen LogP contribution in [0.4, 0.5) is 0 Å². The molecule has 0 bridgehead atoms. The van der Waals surface area contributed by atoms with Crippen molar-refractivity contribution in [3.63, 3.8) is 0 Å². The third-order valence-electron chi connectivity index (χ3n) is 4.95. The van der Waals surface area contributed by atoms with Crippen molar-refractivity contribution in [3.8, 4) is 5.75 Å². The second kappa shape index (κ2) is 9.19. The topological polar surface area (TPSA) is 47.9 Å². The van der Waals surface area contributed by atoms with Crippen molar-refractivity contribution in [3.05, 3.63) is 106 Å². The van der Waals surface area contributed by atoms with E-state index in [1.165, 1.54) is 5.56 Å². The minimum atomic E-state index is -0.453. The number of hydrogen-bond donors (Lipinski definition) is 0. The summed E-state index contributed by atoms with van der Waals surface area (Å²) in [6.45, 7) is 4.72. The molecule has 0 saturated heterocycles. The Kier molecular flexibility index (Phi) is 6.19. The third kappa shape index (κ3) is 5.22. The molecule has 4 rings (SSSR count). The summed E-state index contributed by atoms with van der Waals surface area (Å²) in [4.78, 5) is 16.6. The second-order valence-electron chi connectivity index (χ2n) is 7.60. The second-order valence-corrected chi connectivity index (χ2v) is 8.03. The van der Waals surface area contributed by atoms with Gasteiger partial charge in [0.05, 0.1) is 0 Å². The molecule has 1 aliphatic heterocycles. The number of rotatable bonds is 6. The first-order valence-electron chi connectivity index (χ1n) is 10.1. The van der Waals surface area contributed by atoms with Crippen molar-refractivity contribution >= 4 is 29.5 Å². The van der Waals surface area contributed by atoms with Gasteiger partial charge >= 0.3 is 5.97 Å². The predicted octanol–water partition coefficient (Wildman–Crippen LogP) is 6.39. The van der Waals surface area contributed by atoms with Gasteiger partial charge in [-0.25, -0.2) is 9.79 Å². The molecule has 0 spiro atoms. The average molecular weight is 432 g/mol. The number of hydrogen-bond acceptors (Lipinski definition) is 4. The molecule has 0 amide bonds. The zero-order chi connectivity index (χ0) is 21.8. The fraction of sp³-hybridized carbons (Fsp3) is 0.154. The number of nitrogens with zero attached hydrogens (tertiary/aromatic N) is 1.